The van der Waals surface area contributed by atoms with E-state index in [4.69, 9.17) is 4.74 Å². The molecule has 1 heterocycles. The number of hydrogen-bond acceptors (Lipinski definition) is 5. The zero-order chi connectivity index (χ0) is 24.9. The molecule has 2 aromatic carbocycles. The van der Waals surface area contributed by atoms with Crippen molar-refractivity contribution in [2.24, 2.45) is 17.3 Å². The fourth-order valence-corrected chi connectivity index (χ4v) is 8.90. The molecule has 4 saturated carbocycles. The van der Waals surface area contributed by atoms with E-state index in [-0.39, 0.29) is 11.4 Å². The molecule has 2 atom stereocenters. The van der Waals surface area contributed by atoms with E-state index in [0.717, 1.165) is 33.0 Å². The molecule has 5 aliphatic rings. The molecule has 0 aromatic heterocycles. The Kier molecular flexibility index (Phi) is 6.03. The Balaban J connectivity index is 1.21. The third kappa shape index (κ3) is 4.41. The molecule has 36 heavy (non-hydrogen) atoms. The van der Waals surface area contributed by atoms with Gasteiger partial charge < -0.3 is 10.1 Å². The molecule has 0 saturated heterocycles. The molecule has 2 aromatic rings. The average molecular weight is 506 g/mol. The quantitative estimate of drug-likeness (QED) is 0.456. The lowest BCUT2D eigenvalue weighted by molar-refractivity contribution is -0.118. The van der Waals surface area contributed by atoms with Crippen LogP contribution >= 0.6 is 11.8 Å². The first-order valence-corrected chi connectivity index (χ1v) is 14.1. The topological polar surface area (TPSA) is 70.7 Å². The molecule has 2 amide bonds. The smallest absolute Gasteiger partial charge is 0.411 e. The second-order valence-electron chi connectivity index (χ2n) is 11.6. The number of nitrogens with one attached hydrogen (secondary N) is 2. The molecule has 4 bridgehead atoms. The molecule has 1 aliphatic heterocycles. The van der Waals surface area contributed by atoms with Crippen molar-refractivity contribution >= 4 is 40.8 Å². The number of fused-ring (bicyclic) bond motifs is 2. The molecular weight excluding hydrogens is 470 g/mol. The SMILES string of the molecule is CCOC(=O)Nc1ccc2c(c1)N(C(=O)CCNC13C[C@H]4C[C@@H](CC(C)(C4)C1)C3)c1ccccc1S2. The highest BCUT2D eigenvalue weighted by molar-refractivity contribution is 7.99. The summed E-state index contributed by atoms with van der Waals surface area (Å²) >= 11 is 1.65. The number of rotatable bonds is 6. The van der Waals surface area contributed by atoms with E-state index in [2.05, 4.69) is 23.6 Å². The maximum absolute atomic E-state index is 13.8. The molecule has 0 spiro atoms. The molecule has 7 heteroatoms. The number of anilines is 3. The minimum atomic E-state index is -0.493. The fourth-order valence-electron chi connectivity index (χ4n) is 7.86. The molecule has 4 aliphatic carbocycles. The van der Waals surface area contributed by atoms with Crippen LogP contribution in [0.15, 0.2) is 52.3 Å². The van der Waals surface area contributed by atoms with Gasteiger partial charge in [-0.2, -0.15) is 0 Å². The monoisotopic (exact) mass is 505 g/mol. The third-order valence-corrected chi connectivity index (χ3v) is 9.62. The van der Waals surface area contributed by atoms with Crippen LogP contribution < -0.4 is 15.5 Å². The first kappa shape index (κ1) is 23.9. The van der Waals surface area contributed by atoms with Crippen molar-refractivity contribution in [2.45, 2.75) is 74.1 Å². The summed E-state index contributed by atoms with van der Waals surface area (Å²) < 4.78 is 5.04. The Morgan fingerprint density at radius 2 is 1.81 bits per heavy atom. The number of carbonyl (C=O) groups is 2. The van der Waals surface area contributed by atoms with Gasteiger partial charge in [0.2, 0.25) is 5.91 Å². The Morgan fingerprint density at radius 1 is 1.06 bits per heavy atom. The molecule has 4 fully saturated rings. The van der Waals surface area contributed by atoms with Crippen molar-refractivity contribution in [3.05, 3.63) is 42.5 Å². The normalized spacial score (nSPS) is 29.4. The number of amides is 2. The van der Waals surface area contributed by atoms with Gasteiger partial charge in [-0.05, 0) is 93.0 Å². The highest BCUT2D eigenvalue weighted by Crippen LogP contribution is 2.61. The van der Waals surface area contributed by atoms with Gasteiger partial charge in [0.25, 0.3) is 0 Å². The lowest BCUT2D eigenvalue weighted by Gasteiger charge is -2.61. The highest BCUT2D eigenvalue weighted by atomic mass is 32.2. The van der Waals surface area contributed by atoms with Gasteiger partial charge in [0, 0.05) is 34.0 Å². The van der Waals surface area contributed by atoms with Gasteiger partial charge in [0.15, 0.2) is 0 Å². The van der Waals surface area contributed by atoms with Crippen LogP contribution in [0.4, 0.5) is 21.9 Å². The zero-order valence-corrected chi connectivity index (χ0v) is 22.0. The Labute approximate surface area is 217 Å². The van der Waals surface area contributed by atoms with E-state index in [9.17, 15) is 9.59 Å². The van der Waals surface area contributed by atoms with Gasteiger partial charge in [0.1, 0.15) is 0 Å². The number of ether oxygens (including phenoxy) is 1. The van der Waals surface area contributed by atoms with Crippen molar-refractivity contribution in [1.82, 2.24) is 5.32 Å². The van der Waals surface area contributed by atoms with Gasteiger partial charge >= 0.3 is 6.09 Å². The molecule has 7 rings (SSSR count). The number of para-hydroxylation sites is 1. The molecule has 2 N–H and O–H groups in total. The lowest BCUT2D eigenvalue weighted by atomic mass is 9.47. The summed E-state index contributed by atoms with van der Waals surface area (Å²) in [5.41, 5.74) is 3.01. The van der Waals surface area contributed by atoms with E-state index in [1.165, 1.54) is 38.5 Å². The van der Waals surface area contributed by atoms with E-state index >= 15 is 0 Å². The molecule has 0 unspecified atom stereocenters. The van der Waals surface area contributed by atoms with Crippen LogP contribution in [-0.2, 0) is 9.53 Å². The molecular formula is C29H35N3O3S. The number of hydrogen-bond donors (Lipinski definition) is 2. The summed E-state index contributed by atoms with van der Waals surface area (Å²) in [4.78, 5) is 29.7. The van der Waals surface area contributed by atoms with E-state index in [1.807, 2.05) is 41.3 Å². The zero-order valence-electron chi connectivity index (χ0n) is 21.1. The first-order chi connectivity index (χ1) is 17.4. The third-order valence-electron chi connectivity index (χ3n) is 8.49. The summed E-state index contributed by atoms with van der Waals surface area (Å²) in [6, 6.07) is 13.7. The van der Waals surface area contributed by atoms with Crippen LogP contribution in [0.1, 0.15) is 58.8 Å². The van der Waals surface area contributed by atoms with Crippen LogP contribution in [0.25, 0.3) is 0 Å². The minimum absolute atomic E-state index is 0.0701. The van der Waals surface area contributed by atoms with Gasteiger partial charge in [-0.1, -0.05) is 30.8 Å². The molecule has 6 nitrogen and oxygen atoms in total. The van der Waals surface area contributed by atoms with Crippen molar-refractivity contribution < 1.29 is 14.3 Å². The Morgan fingerprint density at radius 3 is 2.56 bits per heavy atom. The maximum atomic E-state index is 13.8. The second kappa shape index (κ2) is 9.10. The maximum Gasteiger partial charge on any atom is 0.411 e. The van der Waals surface area contributed by atoms with Crippen LogP contribution in [0.5, 0.6) is 0 Å². The molecule has 190 valence electrons. The minimum Gasteiger partial charge on any atom is -0.450 e. The predicted molar refractivity (Wildman–Crippen MR) is 143 cm³/mol. The summed E-state index contributed by atoms with van der Waals surface area (Å²) in [5.74, 6) is 1.77. The average Bonchev–Trinajstić information content (AvgIpc) is 2.81. The standard InChI is InChI=1S/C29H35N3O3S/c1-3-35-27(34)31-21-8-9-25-23(13-21)32(22-6-4-5-7-24(22)36-25)26(33)10-11-30-29-16-19-12-20(17-29)15-28(2,14-19)18-29/h4-9,13,19-20,30H,3,10-12,14-18H2,1-2H3,(H,31,34)/t19-,20-,28?,29?/m0/s1. The van der Waals surface area contributed by atoms with Gasteiger partial charge in [-0.15, -0.1) is 0 Å². The summed E-state index contributed by atoms with van der Waals surface area (Å²) in [6.45, 7) is 5.25. The summed E-state index contributed by atoms with van der Waals surface area (Å²) in [5, 5.41) is 6.67. The van der Waals surface area contributed by atoms with Crippen molar-refractivity contribution in [2.75, 3.05) is 23.4 Å². The Bertz CT molecular complexity index is 1180. The van der Waals surface area contributed by atoms with Crippen LogP contribution in [0.3, 0.4) is 0 Å². The lowest BCUT2D eigenvalue weighted by Crippen LogP contribution is -2.61. The van der Waals surface area contributed by atoms with E-state index in [0.29, 0.717) is 30.7 Å². The summed E-state index contributed by atoms with van der Waals surface area (Å²) in [7, 11) is 0. The van der Waals surface area contributed by atoms with E-state index in [1.54, 1.807) is 18.7 Å². The number of benzene rings is 2. The highest BCUT2D eigenvalue weighted by Gasteiger charge is 2.55. The number of nitrogens with zero attached hydrogens (tertiary/aromatic N) is 1. The largest absolute Gasteiger partial charge is 0.450 e. The second-order valence-corrected chi connectivity index (χ2v) is 12.6. The van der Waals surface area contributed by atoms with Gasteiger partial charge in [0.05, 0.1) is 18.0 Å². The van der Waals surface area contributed by atoms with Crippen molar-refractivity contribution in [3.8, 4) is 0 Å². The number of carbonyl (C=O) groups excluding carboxylic acids is 2. The van der Waals surface area contributed by atoms with Crippen LogP contribution in [-0.4, -0.2) is 30.7 Å². The fraction of sp³-hybridized carbons (Fsp3) is 0.517. The predicted octanol–water partition coefficient (Wildman–Crippen LogP) is 6.72. The van der Waals surface area contributed by atoms with Crippen molar-refractivity contribution in [3.63, 3.8) is 0 Å². The molecule has 0 radical (unpaired) electrons. The first-order valence-electron chi connectivity index (χ1n) is 13.3. The van der Waals surface area contributed by atoms with Crippen LogP contribution in [0.2, 0.25) is 0 Å². The van der Waals surface area contributed by atoms with E-state index < -0.39 is 6.09 Å². The Hall–Kier alpha value is -2.51. The summed E-state index contributed by atoms with van der Waals surface area (Å²) in [6.07, 6.45) is 7.88. The van der Waals surface area contributed by atoms with Crippen molar-refractivity contribution in [1.29, 1.82) is 0 Å². The van der Waals surface area contributed by atoms with Gasteiger partial charge in [-0.25, -0.2) is 4.79 Å². The van der Waals surface area contributed by atoms with Gasteiger partial charge in [-0.3, -0.25) is 15.0 Å². The van der Waals surface area contributed by atoms with Crippen LogP contribution in [0, 0.1) is 17.3 Å².